The van der Waals surface area contributed by atoms with E-state index in [9.17, 15) is 5.11 Å². The molecule has 6 aromatic rings. The molecule has 35 heavy (non-hydrogen) atoms. The van der Waals surface area contributed by atoms with Crippen molar-refractivity contribution in [3.05, 3.63) is 114 Å². The number of hydrogen-bond donors (Lipinski definition) is 1. The van der Waals surface area contributed by atoms with E-state index in [-0.39, 0.29) is 13.2 Å². The Balaban J connectivity index is 1.59. The van der Waals surface area contributed by atoms with Crippen LogP contribution in [0.5, 0.6) is 5.75 Å². The van der Waals surface area contributed by atoms with Gasteiger partial charge in [-0.05, 0) is 72.8 Å². The molecule has 2 nitrogen and oxygen atoms in total. The molecule has 0 unspecified atom stereocenters. The van der Waals surface area contributed by atoms with Gasteiger partial charge in [-0.15, -0.1) is 0 Å². The lowest BCUT2D eigenvalue weighted by atomic mass is 9.86. The number of benzene rings is 6. The van der Waals surface area contributed by atoms with Gasteiger partial charge in [0.25, 0.3) is 0 Å². The monoisotopic (exact) mass is 452 g/mol. The Morgan fingerprint density at radius 2 is 1.23 bits per heavy atom. The second-order valence-corrected chi connectivity index (χ2v) is 9.19. The van der Waals surface area contributed by atoms with Gasteiger partial charge < -0.3 is 9.84 Å². The van der Waals surface area contributed by atoms with Gasteiger partial charge in [0.2, 0.25) is 0 Å². The maximum Gasteiger partial charge on any atom is 0.127 e. The normalized spacial score (nSPS) is 12.3. The molecule has 0 fully saturated rings. The Morgan fingerprint density at radius 3 is 2.11 bits per heavy atom. The minimum atomic E-state index is -0.000822. The molecule has 0 aliphatic heterocycles. The summed E-state index contributed by atoms with van der Waals surface area (Å²) in [7, 11) is 0. The van der Waals surface area contributed by atoms with Crippen LogP contribution >= 0.6 is 0 Å². The zero-order valence-electron chi connectivity index (χ0n) is 19.3. The summed E-state index contributed by atoms with van der Waals surface area (Å²) in [6.07, 6.45) is 0.944. The Kier molecular flexibility index (Phi) is 4.61. The summed E-state index contributed by atoms with van der Waals surface area (Å²) in [6.45, 7) is 0.286. The molecule has 0 heterocycles. The summed E-state index contributed by atoms with van der Waals surface area (Å²) >= 11 is 0. The van der Waals surface area contributed by atoms with Gasteiger partial charge in [-0.1, -0.05) is 97.1 Å². The molecule has 1 aliphatic carbocycles. The predicted octanol–water partition coefficient (Wildman–Crippen LogP) is 7.76. The van der Waals surface area contributed by atoms with Crippen molar-refractivity contribution in [3.8, 4) is 28.0 Å². The van der Waals surface area contributed by atoms with Gasteiger partial charge >= 0.3 is 0 Å². The highest BCUT2D eigenvalue weighted by atomic mass is 16.5. The second kappa shape index (κ2) is 7.97. The maximum absolute atomic E-state index is 9.28. The highest BCUT2D eigenvalue weighted by Gasteiger charge is 2.25. The summed E-state index contributed by atoms with van der Waals surface area (Å²) in [4.78, 5) is 0. The molecule has 0 amide bonds. The van der Waals surface area contributed by atoms with Gasteiger partial charge in [0.05, 0.1) is 6.61 Å². The van der Waals surface area contributed by atoms with E-state index in [2.05, 4.69) is 91.0 Å². The molecule has 168 valence electrons. The van der Waals surface area contributed by atoms with Crippen molar-refractivity contribution in [2.45, 2.75) is 6.42 Å². The molecule has 0 atom stereocenters. The largest absolute Gasteiger partial charge is 0.491 e. The fourth-order valence-electron chi connectivity index (χ4n) is 5.94. The van der Waals surface area contributed by atoms with E-state index >= 15 is 0 Å². The average Bonchev–Trinajstić information content (AvgIpc) is 3.31. The van der Waals surface area contributed by atoms with Crippen LogP contribution in [0.15, 0.2) is 103 Å². The van der Waals surface area contributed by atoms with Crippen molar-refractivity contribution >= 4 is 32.3 Å². The van der Waals surface area contributed by atoms with Crippen molar-refractivity contribution in [2.75, 3.05) is 13.2 Å². The quantitative estimate of drug-likeness (QED) is 0.277. The standard InChI is InChI=1S/C33H24O2/c34-18-19-35-31-17-7-13-23-24(12-5-14-26(23)31)28-15-6-16-29-25-10-3-4-11-27(25)32-22-9-2-1-8-21(22)20-30(32)33(28)29/h1-17,34H,18-20H2. The second-order valence-electron chi connectivity index (χ2n) is 9.19. The summed E-state index contributed by atoms with van der Waals surface area (Å²) in [5.74, 6) is 0.807. The molecule has 6 aromatic carbocycles. The zero-order valence-corrected chi connectivity index (χ0v) is 19.3. The van der Waals surface area contributed by atoms with Crippen LogP contribution in [0.1, 0.15) is 11.1 Å². The topological polar surface area (TPSA) is 29.5 Å². The molecule has 1 aliphatic rings. The molecule has 0 saturated heterocycles. The van der Waals surface area contributed by atoms with E-state index in [4.69, 9.17) is 4.74 Å². The molecular weight excluding hydrogens is 428 g/mol. The lowest BCUT2D eigenvalue weighted by molar-refractivity contribution is 0.203. The van der Waals surface area contributed by atoms with Gasteiger partial charge in [-0.25, -0.2) is 0 Å². The number of ether oxygens (including phenoxy) is 1. The maximum atomic E-state index is 9.28. The first kappa shape index (κ1) is 20.3. The van der Waals surface area contributed by atoms with E-state index < -0.39 is 0 Å². The molecule has 0 bridgehead atoms. The third kappa shape index (κ3) is 3.00. The molecule has 1 N–H and O–H groups in total. The number of hydrogen-bond acceptors (Lipinski definition) is 2. The first-order valence-electron chi connectivity index (χ1n) is 12.2. The first-order chi connectivity index (χ1) is 17.3. The van der Waals surface area contributed by atoms with Crippen molar-refractivity contribution in [2.24, 2.45) is 0 Å². The lowest BCUT2D eigenvalue weighted by Gasteiger charge is -2.17. The minimum Gasteiger partial charge on any atom is -0.491 e. The first-order valence-corrected chi connectivity index (χ1v) is 12.2. The highest BCUT2D eigenvalue weighted by Crippen LogP contribution is 2.49. The molecular formula is C33H24O2. The van der Waals surface area contributed by atoms with E-state index in [0.29, 0.717) is 0 Å². The van der Waals surface area contributed by atoms with Crippen molar-refractivity contribution in [1.29, 1.82) is 0 Å². The Bertz CT molecular complexity index is 1760. The smallest absolute Gasteiger partial charge is 0.127 e. The molecule has 0 radical (unpaired) electrons. The van der Waals surface area contributed by atoms with E-state index in [0.717, 1.165) is 22.9 Å². The molecule has 0 spiro atoms. The Hall–Kier alpha value is -4.14. The summed E-state index contributed by atoms with van der Waals surface area (Å²) < 4.78 is 5.87. The molecule has 0 aromatic heterocycles. The highest BCUT2D eigenvalue weighted by molar-refractivity contribution is 6.21. The fourth-order valence-corrected chi connectivity index (χ4v) is 5.94. The van der Waals surface area contributed by atoms with Crippen molar-refractivity contribution < 1.29 is 9.84 Å². The molecule has 2 heteroatoms. The average molecular weight is 453 g/mol. The lowest BCUT2D eigenvalue weighted by Crippen LogP contribution is -2.02. The van der Waals surface area contributed by atoms with Gasteiger partial charge in [0.15, 0.2) is 0 Å². The SMILES string of the molecule is OCCOc1cccc2c(-c3cccc4c3c3c(c5ccccc54)-c4ccccc4C3)cccc12. The van der Waals surface area contributed by atoms with Crippen LogP contribution in [-0.2, 0) is 6.42 Å². The van der Waals surface area contributed by atoms with Crippen LogP contribution in [0.2, 0.25) is 0 Å². The zero-order chi connectivity index (χ0) is 23.4. The fraction of sp³-hybridized carbons (Fsp3) is 0.0909. The van der Waals surface area contributed by atoms with Gasteiger partial charge in [0.1, 0.15) is 12.4 Å². The van der Waals surface area contributed by atoms with E-state index in [1.807, 2.05) is 12.1 Å². The van der Waals surface area contributed by atoms with Gasteiger partial charge in [-0.3, -0.25) is 0 Å². The van der Waals surface area contributed by atoms with Gasteiger partial charge in [-0.2, -0.15) is 0 Å². The Morgan fingerprint density at radius 1 is 0.571 bits per heavy atom. The number of rotatable bonds is 4. The summed E-state index contributed by atoms with van der Waals surface area (Å²) in [5, 5.41) is 16.8. The van der Waals surface area contributed by atoms with E-state index in [1.54, 1.807) is 0 Å². The Labute approximate surface area is 204 Å². The summed E-state index contributed by atoms with van der Waals surface area (Å²) in [5.41, 5.74) is 8.00. The van der Waals surface area contributed by atoms with Crippen molar-refractivity contribution in [3.63, 3.8) is 0 Å². The van der Waals surface area contributed by atoms with Crippen LogP contribution in [0, 0.1) is 0 Å². The third-order valence-electron chi connectivity index (χ3n) is 7.33. The number of fused-ring (bicyclic) bond motifs is 9. The van der Waals surface area contributed by atoms with E-state index in [1.165, 1.54) is 54.9 Å². The summed E-state index contributed by atoms with van der Waals surface area (Å²) in [6, 6.07) is 37.0. The van der Waals surface area contributed by atoms with Crippen LogP contribution in [0.4, 0.5) is 0 Å². The van der Waals surface area contributed by atoms with Crippen LogP contribution in [-0.4, -0.2) is 18.3 Å². The van der Waals surface area contributed by atoms with Crippen LogP contribution < -0.4 is 4.74 Å². The molecule has 0 saturated carbocycles. The van der Waals surface area contributed by atoms with Gasteiger partial charge in [0, 0.05) is 5.39 Å². The van der Waals surface area contributed by atoms with Crippen LogP contribution in [0.3, 0.4) is 0 Å². The third-order valence-corrected chi connectivity index (χ3v) is 7.33. The number of aliphatic hydroxyl groups excluding tert-OH is 1. The minimum absolute atomic E-state index is 0.000822. The van der Waals surface area contributed by atoms with Crippen molar-refractivity contribution in [1.82, 2.24) is 0 Å². The molecule has 7 rings (SSSR count). The van der Waals surface area contributed by atoms with Crippen LogP contribution in [0.25, 0.3) is 54.6 Å². The predicted molar refractivity (Wildman–Crippen MR) is 145 cm³/mol. The number of aliphatic hydroxyl groups is 1.